The molecule has 0 aliphatic heterocycles. The van der Waals surface area contributed by atoms with Crippen molar-refractivity contribution in [2.75, 3.05) is 23.7 Å². The van der Waals surface area contributed by atoms with Crippen LogP contribution in [0, 0.1) is 0 Å². The van der Waals surface area contributed by atoms with Gasteiger partial charge in [0.2, 0.25) is 10.0 Å². The van der Waals surface area contributed by atoms with E-state index in [1.807, 2.05) is 0 Å². The molecule has 0 unspecified atom stereocenters. The summed E-state index contributed by atoms with van der Waals surface area (Å²) in [5.41, 5.74) is 1.21. The highest BCUT2D eigenvalue weighted by atomic mass is 32.2. The van der Waals surface area contributed by atoms with Crippen molar-refractivity contribution in [1.82, 2.24) is 0 Å². The average molecular weight is 339 g/mol. The molecule has 4 nitrogen and oxygen atoms in total. The maximum absolute atomic E-state index is 12.0. The fourth-order valence-electron chi connectivity index (χ4n) is 1.73. The topological polar surface area (TPSA) is 46.6 Å². The molecular weight excluding hydrogens is 313 g/mol. The van der Waals surface area contributed by atoms with Gasteiger partial charge in [0.15, 0.2) is 8.32 Å². The van der Waals surface area contributed by atoms with E-state index in [1.54, 1.807) is 24.3 Å². The Morgan fingerprint density at radius 3 is 2.09 bits per heavy atom. The Balaban J connectivity index is 2.83. The zero-order chi connectivity index (χ0) is 17.2. The lowest BCUT2D eigenvalue weighted by Crippen LogP contribution is -2.43. The molecular formula is C15H26BNO3SSi. The minimum atomic E-state index is -3.36. The van der Waals surface area contributed by atoms with E-state index in [9.17, 15) is 8.42 Å². The van der Waals surface area contributed by atoms with Gasteiger partial charge in [-0.1, -0.05) is 38.4 Å². The predicted octanol–water partition coefficient (Wildman–Crippen LogP) is 2.27. The number of sulfonamides is 1. The summed E-state index contributed by atoms with van der Waals surface area (Å²) >= 11 is 0. The first kappa shape index (κ1) is 19.3. The van der Waals surface area contributed by atoms with E-state index in [1.165, 1.54) is 10.6 Å². The Hall–Kier alpha value is -0.788. The van der Waals surface area contributed by atoms with Gasteiger partial charge in [0, 0.05) is 0 Å². The first-order chi connectivity index (χ1) is 9.84. The van der Waals surface area contributed by atoms with Gasteiger partial charge in [-0.2, -0.15) is 0 Å². The summed E-state index contributed by atoms with van der Waals surface area (Å²) in [6.45, 7) is 11.5. The number of hydrogen-bond acceptors (Lipinski definition) is 3. The molecule has 0 spiro atoms. The molecule has 22 heavy (non-hydrogen) atoms. The van der Waals surface area contributed by atoms with Gasteiger partial charge in [-0.25, -0.2) is 8.42 Å². The second-order valence-corrected chi connectivity index (χ2v) is 13.8. The first-order valence-corrected chi connectivity index (χ1v) is 12.1. The molecule has 0 saturated carbocycles. The first-order valence-electron chi connectivity index (χ1n) is 7.32. The van der Waals surface area contributed by atoms with E-state index in [0.29, 0.717) is 24.3 Å². The maximum Gasteiger partial charge on any atom is 0.232 e. The van der Waals surface area contributed by atoms with Gasteiger partial charge in [0.25, 0.3) is 0 Å². The molecule has 122 valence electrons. The van der Waals surface area contributed by atoms with Crippen molar-refractivity contribution in [3.8, 4) is 0 Å². The van der Waals surface area contributed by atoms with E-state index in [-0.39, 0.29) is 5.04 Å². The van der Waals surface area contributed by atoms with Gasteiger partial charge in [0.1, 0.15) is 7.85 Å². The molecule has 0 saturated heterocycles. The number of rotatable bonds is 6. The molecule has 0 aliphatic carbocycles. The summed E-state index contributed by atoms with van der Waals surface area (Å²) in [4.78, 5) is 0. The third-order valence-electron chi connectivity index (χ3n) is 4.14. The molecule has 0 atom stereocenters. The van der Waals surface area contributed by atoms with Crippen LogP contribution in [0.4, 0.5) is 5.69 Å². The van der Waals surface area contributed by atoms with Gasteiger partial charge in [-0.3, -0.25) is 4.31 Å². The number of anilines is 1. The quantitative estimate of drug-likeness (QED) is 0.747. The number of benzene rings is 1. The lowest BCUT2D eigenvalue weighted by Gasteiger charge is -2.36. The van der Waals surface area contributed by atoms with Crippen LogP contribution in [0.25, 0.3) is 0 Å². The van der Waals surface area contributed by atoms with Crippen LogP contribution in [0.2, 0.25) is 18.1 Å². The Kier molecular flexibility index (Phi) is 5.92. The van der Waals surface area contributed by atoms with Crippen molar-refractivity contribution < 1.29 is 12.8 Å². The molecule has 0 aliphatic rings. The summed E-state index contributed by atoms with van der Waals surface area (Å²) < 4.78 is 31.5. The van der Waals surface area contributed by atoms with Crippen LogP contribution in [0.5, 0.6) is 0 Å². The smallest absolute Gasteiger partial charge is 0.232 e. The zero-order valence-corrected chi connectivity index (χ0v) is 16.2. The van der Waals surface area contributed by atoms with E-state index in [4.69, 9.17) is 12.3 Å². The van der Waals surface area contributed by atoms with Crippen molar-refractivity contribution in [2.45, 2.75) is 38.9 Å². The fraction of sp³-hybridized carbons (Fsp3) is 0.600. The van der Waals surface area contributed by atoms with E-state index >= 15 is 0 Å². The summed E-state index contributed by atoms with van der Waals surface area (Å²) in [5.74, 6) is 0. The summed E-state index contributed by atoms with van der Waals surface area (Å²) in [7, 11) is 0.416. The van der Waals surface area contributed by atoms with Crippen molar-refractivity contribution >= 4 is 37.3 Å². The van der Waals surface area contributed by atoms with Crippen molar-refractivity contribution in [1.29, 1.82) is 0 Å². The van der Waals surface area contributed by atoms with Gasteiger partial charge >= 0.3 is 0 Å². The third-order valence-corrected chi connectivity index (χ3v) is 9.88. The number of hydrogen-bond donors (Lipinski definition) is 0. The molecule has 0 N–H and O–H groups in total. The van der Waals surface area contributed by atoms with E-state index in [2.05, 4.69) is 33.9 Å². The molecule has 1 rings (SSSR count). The highest BCUT2D eigenvalue weighted by Gasteiger charge is 2.37. The Morgan fingerprint density at radius 1 is 1.18 bits per heavy atom. The normalized spacial score (nSPS) is 13.2. The maximum atomic E-state index is 12.0. The van der Waals surface area contributed by atoms with Crippen molar-refractivity contribution in [3.63, 3.8) is 0 Å². The molecule has 0 fully saturated rings. The van der Waals surface area contributed by atoms with Gasteiger partial charge in [-0.05, 0) is 30.3 Å². The van der Waals surface area contributed by atoms with Crippen LogP contribution in [0.1, 0.15) is 20.8 Å². The minimum Gasteiger partial charge on any atom is -0.415 e. The fourth-order valence-corrected chi connectivity index (χ4v) is 3.67. The van der Waals surface area contributed by atoms with Crippen LogP contribution in [0.15, 0.2) is 24.3 Å². The summed E-state index contributed by atoms with van der Waals surface area (Å²) in [6.07, 6.45) is 1.20. The highest BCUT2D eigenvalue weighted by Crippen LogP contribution is 2.36. The largest absolute Gasteiger partial charge is 0.415 e. The standard InChI is InChI=1S/C15H26BNO3SSi/c1-15(2,3)22(5,6)20-12-11-17(21(4,18)19)14-9-7-13(16)8-10-14/h7-10H,11-12H2,1-6H3. The average Bonchev–Trinajstić information content (AvgIpc) is 2.33. The molecule has 0 heterocycles. The zero-order valence-electron chi connectivity index (χ0n) is 14.4. The lowest BCUT2D eigenvalue weighted by atomic mass is 9.96. The molecule has 2 radical (unpaired) electrons. The van der Waals surface area contributed by atoms with Crippen LogP contribution >= 0.6 is 0 Å². The predicted molar refractivity (Wildman–Crippen MR) is 97.2 cm³/mol. The lowest BCUT2D eigenvalue weighted by molar-refractivity contribution is 0.298. The molecule has 0 bridgehead atoms. The van der Waals surface area contributed by atoms with E-state index < -0.39 is 18.3 Å². The Bertz CT molecular complexity index is 594. The summed E-state index contributed by atoms with van der Waals surface area (Å²) in [5, 5.41) is 0.101. The monoisotopic (exact) mass is 339 g/mol. The second kappa shape index (κ2) is 6.76. The Morgan fingerprint density at radius 2 is 1.68 bits per heavy atom. The summed E-state index contributed by atoms with van der Waals surface area (Å²) in [6, 6.07) is 6.82. The van der Waals surface area contributed by atoms with Crippen LogP contribution < -0.4 is 9.77 Å². The molecule has 0 aromatic heterocycles. The highest BCUT2D eigenvalue weighted by molar-refractivity contribution is 7.92. The van der Waals surface area contributed by atoms with Crippen LogP contribution in [-0.4, -0.2) is 44.0 Å². The van der Waals surface area contributed by atoms with Crippen LogP contribution in [0.3, 0.4) is 0 Å². The van der Waals surface area contributed by atoms with Gasteiger partial charge in [-0.15, -0.1) is 0 Å². The number of nitrogens with zero attached hydrogens (tertiary/aromatic N) is 1. The van der Waals surface area contributed by atoms with E-state index in [0.717, 1.165) is 0 Å². The van der Waals surface area contributed by atoms with Crippen molar-refractivity contribution in [3.05, 3.63) is 24.3 Å². The van der Waals surface area contributed by atoms with Gasteiger partial charge < -0.3 is 4.43 Å². The van der Waals surface area contributed by atoms with Gasteiger partial charge in [0.05, 0.1) is 25.1 Å². The Labute approximate surface area is 137 Å². The third kappa shape index (κ3) is 5.14. The SMILES string of the molecule is [B]c1ccc(N(CCO[Si](C)(C)C(C)(C)C)S(C)(=O)=O)cc1. The molecule has 0 amide bonds. The van der Waals surface area contributed by atoms with Crippen LogP contribution in [-0.2, 0) is 14.4 Å². The molecule has 7 heteroatoms. The minimum absolute atomic E-state index is 0.101. The molecule has 1 aromatic carbocycles. The van der Waals surface area contributed by atoms with Crippen molar-refractivity contribution in [2.24, 2.45) is 0 Å². The molecule has 1 aromatic rings. The second-order valence-electron chi connectivity index (χ2n) is 7.04.